The first-order chi connectivity index (χ1) is 18.9. The highest BCUT2D eigenvalue weighted by atomic mass is 32.1. The Labute approximate surface area is 234 Å². The fourth-order valence-corrected chi connectivity index (χ4v) is 5.50. The van der Waals surface area contributed by atoms with Gasteiger partial charge in [0.15, 0.2) is 11.5 Å². The molecule has 1 saturated heterocycles. The van der Waals surface area contributed by atoms with E-state index >= 15 is 0 Å². The number of thiophene rings is 1. The summed E-state index contributed by atoms with van der Waals surface area (Å²) in [4.78, 5) is 32.8. The number of nitrogens with zero attached hydrogens (tertiary/aromatic N) is 2. The van der Waals surface area contributed by atoms with Crippen LogP contribution in [0, 0.1) is 6.92 Å². The Morgan fingerprint density at radius 2 is 1.82 bits per heavy atom. The molecule has 2 aromatic carbocycles. The highest BCUT2D eigenvalue weighted by Gasteiger charge is 2.27. The summed E-state index contributed by atoms with van der Waals surface area (Å²) in [7, 11) is 3.22. The van der Waals surface area contributed by atoms with Crippen LogP contribution in [0.4, 0.5) is 10.5 Å². The minimum Gasteiger partial charge on any atom is -0.493 e. The minimum atomic E-state index is -0.308. The standard InChI is InChI=1S/C30H37N3O5S/c1-22-11-13-26(39-22)20-32(16-15-23-12-14-27(36-2)28(18-23)37-3)29(34)21-33(19-25-10-7-17-38-25)30(35)31-24-8-5-4-6-9-24/h4-6,8-9,11-14,18,25H,7,10,15-17,19-21H2,1-3H3,(H,31,35). The van der Waals surface area contributed by atoms with Gasteiger partial charge in [-0.15, -0.1) is 11.3 Å². The van der Waals surface area contributed by atoms with E-state index in [4.69, 9.17) is 14.2 Å². The molecule has 0 spiro atoms. The van der Waals surface area contributed by atoms with Gasteiger partial charge >= 0.3 is 6.03 Å². The Hall–Kier alpha value is -3.56. The van der Waals surface area contributed by atoms with Gasteiger partial charge in [-0.3, -0.25) is 4.79 Å². The molecule has 4 rings (SSSR count). The summed E-state index contributed by atoms with van der Waals surface area (Å²) in [5.74, 6) is 1.21. The number of carbonyl (C=O) groups is 2. The number of para-hydroxylation sites is 1. The lowest BCUT2D eigenvalue weighted by molar-refractivity contribution is -0.132. The summed E-state index contributed by atoms with van der Waals surface area (Å²) in [5.41, 5.74) is 1.72. The minimum absolute atomic E-state index is 0.0329. The maximum absolute atomic E-state index is 13.8. The van der Waals surface area contributed by atoms with Crippen molar-refractivity contribution >= 4 is 29.0 Å². The van der Waals surface area contributed by atoms with Crippen LogP contribution in [-0.4, -0.2) is 68.3 Å². The molecule has 9 heteroatoms. The molecule has 208 valence electrons. The topological polar surface area (TPSA) is 80.3 Å². The first-order valence-corrected chi connectivity index (χ1v) is 14.0. The molecule has 1 aromatic heterocycles. The van der Waals surface area contributed by atoms with Crippen molar-refractivity contribution in [2.45, 2.75) is 38.8 Å². The molecule has 0 bridgehead atoms. The zero-order valence-corrected chi connectivity index (χ0v) is 23.7. The molecule has 1 unspecified atom stereocenters. The number of rotatable bonds is 12. The summed E-state index contributed by atoms with van der Waals surface area (Å²) in [6.45, 7) is 4.06. The molecular formula is C30H37N3O5S. The van der Waals surface area contributed by atoms with E-state index in [2.05, 4.69) is 24.4 Å². The number of amides is 3. The molecule has 1 N–H and O–H groups in total. The molecule has 3 aromatic rings. The van der Waals surface area contributed by atoms with Crippen LogP contribution in [-0.2, 0) is 22.5 Å². The van der Waals surface area contributed by atoms with Gasteiger partial charge in [-0.2, -0.15) is 0 Å². The number of hydrogen-bond acceptors (Lipinski definition) is 6. The lowest BCUT2D eigenvalue weighted by atomic mass is 10.1. The summed E-state index contributed by atoms with van der Waals surface area (Å²) in [6.07, 6.45) is 2.40. The number of nitrogens with one attached hydrogen (secondary N) is 1. The van der Waals surface area contributed by atoms with Gasteiger partial charge in [0.1, 0.15) is 6.54 Å². The molecule has 8 nitrogen and oxygen atoms in total. The summed E-state index contributed by atoms with van der Waals surface area (Å²) >= 11 is 1.68. The van der Waals surface area contributed by atoms with Gasteiger partial charge in [-0.25, -0.2) is 4.79 Å². The van der Waals surface area contributed by atoms with Gasteiger partial charge in [-0.1, -0.05) is 24.3 Å². The first-order valence-electron chi connectivity index (χ1n) is 13.2. The number of carbonyl (C=O) groups excluding carboxylic acids is 2. The number of benzene rings is 2. The van der Waals surface area contributed by atoms with Gasteiger partial charge in [0.2, 0.25) is 5.91 Å². The van der Waals surface area contributed by atoms with Crippen LogP contribution in [0.25, 0.3) is 0 Å². The van der Waals surface area contributed by atoms with Gasteiger partial charge < -0.3 is 29.3 Å². The third kappa shape index (κ3) is 8.21. The van der Waals surface area contributed by atoms with Crippen molar-refractivity contribution in [2.75, 3.05) is 45.8 Å². The average Bonchev–Trinajstić information content (AvgIpc) is 3.62. The highest BCUT2D eigenvalue weighted by Crippen LogP contribution is 2.28. The molecule has 1 aliphatic heterocycles. The summed E-state index contributed by atoms with van der Waals surface area (Å²) < 4.78 is 16.6. The van der Waals surface area contributed by atoms with Crippen molar-refractivity contribution in [1.82, 2.24) is 9.80 Å². The molecule has 1 aliphatic rings. The van der Waals surface area contributed by atoms with Crippen molar-refractivity contribution in [3.8, 4) is 11.5 Å². The second-order valence-corrected chi connectivity index (χ2v) is 11.0. The predicted molar refractivity (Wildman–Crippen MR) is 154 cm³/mol. The fraction of sp³-hybridized carbons (Fsp3) is 0.400. The van der Waals surface area contributed by atoms with Gasteiger partial charge in [0.05, 0.1) is 26.9 Å². The largest absolute Gasteiger partial charge is 0.493 e. The number of aryl methyl sites for hydroxylation is 1. The lowest BCUT2D eigenvalue weighted by Crippen LogP contribution is -2.47. The van der Waals surface area contributed by atoms with E-state index in [9.17, 15) is 9.59 Å². The molecule has 0 aliphatic carbocycles. The maximum atomic E-state index is 13.8. The van der Waals surface area contributed by atoms with Crippen molar-refractivity contribution in [3.63, 3.8) is 0 Å². The van der Waals surface area contributed by atoms with Crippen LogP contribution in [0.2, 0.25) is 0 Å². The van der Waals surface area contributed by atoms with Crippen LogP contribution in [0.3, 0.4) is 0 Å². The van der Waals surface area contributed by atoms with E-state index in [1.54, 1.807) is 30.5 Å². The van der Waals surface area contributed by atoms with Gasteiger partial charge in [0.25, 0.3) is 0 Å². The molecule has 1 fully saturated rings. The number of methoxy groups -OCH3 is 2. The van der Waals surface area contributed by atoms with Crippen molar-refractivity contribution < 1.29 is 23.8 Å². The number of anilines is 1. The Kier molecular flexibility index (Phi) is 10.2. The van der Waals surface area contributed by atoms with E-state index in [1.165, 1.54) is 4.88 Å². The number of ether oxygens (including phenoxy) is 3. The van der Waals surface area contributed by atoms with Crippen LogP contribution in [0.5, 0.6) is 11.5 Å². The van der Waals surface area contributed by atoms with Gasteiger partial charge in [-0.05, 0) is 68.1 Å². The number of urea groups is 1. The van der Waals surface area contributed by atoms with Gasteiger partial charge in [0, 0.05) is 35.1 Å². The Balaban J connectivity index is 1.50. The number of hydrogen-bond donors (Lipinski definition) is 1. The highest BCUT2D eigenvalue weighted by molar-refractivity contribution is 7.11. The second-order valence-electron chi connectivity index (χ2n) is 9.58. The van der Waals surface area contributed by atoms with Crippen molar-refractivity contribution in [3.05, 3.63) is 76.0 Å². The Bertz CT molecular complexity index is 1230. The molecule has 3 amide bonds. The quantitative estimate of drug-likeness (QED) is 0.328. The maximum Gasteiger partial charge on any atom is 0.322 e. The molecule has 1 atom stereocenters. The molecule has 39 heavy (non-hydrogen) atoms. The zero-order valence-electron chi connectivity index (χ0n) is 22.9. The Morgan fingerprint density at radius 1 is 1.03 bits per heavy atom. The first kappa shape index (κ1) is 28.4. The van der Waals surface area contributed by atoms with E-state index < -0.39 is 0 Å². The summed E-state index contributed by atoms with van der Waals surface area (Å²) in [5, 5.41) is 2.93. The molecule has 0 radical (unpaired) electrons. The third-order valence-electron chi connectivity index (χ3n) is 6.70. The zero-order chi connectivity index (χ0) is 27.6. The second kappa shape index (κ2) is 14.0. The normalized spacial score (nSPS) is 14.6. The molecular weight excluding hydrogens is 514 g/mol. The summed E-state index contributed by atoms with van der Waals surface area (Å²) in [6, 6.07) is 18.9. The van der Waals surface area contributed by atoms with Crippen LogP contribution in [0.15, 0.2) is 60.7 Å². The van der Waals surface area contributed by atoms with E-state index in [0.717, 1.165) is 23.3 Å². The smallest absolute Gasteiger partial charge is 0.322 e. The molecule has 2 heterocycles. The lowest BCUT2D eigenvalue weighted by Gasteiger charge is -2.29. The van der Waals surface area contributed by atoms with E-state index in [0.29, 0.717) is 49.8 Å². The van der Waals surface area contributed by atoms with Crippen molar-refractivity contribution in [2.24, 2.45) is 0 Å². The van der Waals surface area contributed by atoms with E-state index in [1.807, 2.05) is 53.4 Å². The third-order valence-corrected chi connectivity index (χ3v) is 7.69. The van der Waals surface area contributed by atoms with Crippen molar-refractivity contribution in [1.29, 1.82) is 0 Å². The van der Waals surface area contributed by atoms with E-state index in [-0.39, 0.29) is 24.6 Å². The Morgan fingerprint density at radius 3 is 2.49 bits per heavy atom. The monoisotopic (exact) mass is 551 g/mol. The fourth-order valence-electron chi connectivity index (χ4n) is 4.59. The molecule has 0 saturated carbocycles. The van der Waals surface area contributed by atoms with Crippen LogP contribution >= 0.6 is 11.3 Å². The average molecular weight is 552 g/mol. The predicted octanol–water partition coefficient (Wildman–Crippen LogP) is 5.36. The van der Waals surface area contributed by atoms with Crippen LogP contribution < -0.4 is 14.8 Å². The SMILES string of the molecule is COc1ccc(CCN(Cc2ccc(C)s2)C(=O)CN(CC2CCCO2)C(=O)Nc2ccccc2)cc1OC. The van der Waals surface area contributed by atoms with Crippen LogP contribution in [0.1, 0.15) is 28.2 Å².